The maximum absolute atomic E-state index is 12.0. The van der Waals surface area contributed by atoms with E-state index in [9.17, 15) is 4.79 Å². The fourth-order valence-electron chi connectivity index (χ4n) is 2.05. The number of halogens is 1. The molecular formula is C15H14ClN5O. The van der Waals surface area contributed by atoms with Crippen molar-refractivity contribution < 1.29 is 4.79 Å². The van der Waals surface area contributed by atoms with Crippen molar-refractivity contribution in [2.75, 3.05) is 5.32 Å². The lowest BCUT2D eigenvalue weighted by Gasteiger charge is -2.03. The number of nitrogens with zero attached hydrogens (tertiary/aromatic N) is 4. The third-order valence-corrected chi connectivity index (χ3v) is 3.50. The molecule has 0 saturated carbocycles. The van der Waals surface area contributed by atoms with E-state index in [1.54, 1.807) is 41.1 Å². The lowest BCUT2D eigenvalue weighted by atomic mass is 10.2. The molecule has 22 heavy (non-hydrogen) atoms. The van der Waals surface area contributed by atoms with Crippen LogP contribution in [0, 0.1) is 0 Å². The average Bonchev–Trinajstić information content (AvgIpc) is 3.11. The second-order valence-electron chi connectivity index (χ2n) is 4.85. The van der Waals surface area contributed by atoms with Crippen molar-refractivity contribution >= 4 is 23.2 Å². The van der Waals surface area contributed by atoms with Crippen molar-refractivity contribution in [3.05, 3.63) is 65.2 Å². The lowest BCUT2D eigenvalue weighted by Crippen LogP contribution is -2.12. The summed E-state index contributed by atoms with van der Waals surface area (Å²) in [4.78, 5) is 12.0. The molecule has 3 rings (SSSR count). The first kappa shape index (κ1) is 14.3. The fraction of sp³-hybridized carbons (Fsp3) is 0.133. The van der Waals surface area contributed by atoms with Gasteiger partial charge in [-0.3, -0.25) is 14.2 Å². The summed E-state index contributed by atoms with van der Waals surface area (Å²) in [7, 11) is 1.76. The summed E-state index contributed by atoms with van der Waals surface area (Å²) in [5.41, 5.74) is 1.94. The van der Waals surface area contributed by atoms with Gasteiger partial charge in [0.25, 0.3) is 5.91 Å². The van der Waals surface area contributed by atoms with Gasteiger partial charge in [-0.15, -0.1) is 0 Å². The smallest absolute Gasteiger partial charge is 0.276 e. The van der Waals surface area contributed by atoms with Crippen LogP contribution < -0.4 is 5.32 Å². The zero-order valence-electron chi connectivity index (χ0n) is 11.9. The van der Waals surface area contributed by atoms with Crippen molar-refractivity contribution in [1.29, 1.82) is 0 Å². The van der Waals surface area contributed by atoms with Gasteiger partial charge in [-0.05, 0) is 17.7 Å². The molecule has 0 radical (unpaired) electrons. The predicted molar refractivity (Wildman–Crippen MR) is 83.9 cm³/mol. The van der Waals surface area contributed by atoms with Crippen LogP contribution in [0.15, 0.2) is 48.9 Å². The zero-order valence-corrected chi connectivity index (χ0v) is 12.7. The molecule has 0 saturated heterocycles. The van der Waals surface area contributed by atoms with Gasteiger partial charge >= 0.3 is 0 Å². The molecule has 0 aliphatic rings. The highest BCUT2D eigenvalue weighted by Crippen LogP contribution is 2.17. The van der Waals surface area contributed by atoms with Crippen molar-refractivity contribution in [2.24, 2.45) is 7.05 Å². The molecule has 1 N–H and O–H groups in total. The quantitative estimate of drug-likeness (QED) is 0.804. The summed E-state index contributed by atoms with van der Waals surface area (Å²) in [5.74, 6) is -0.266. The Balaban J connectivity index is 1.69. The normalized spacial score (nSPS) is 10.6. The number of carbonyl (C=O) groups is 1. The van der Waals surface area contributed by atoms with Crippen molar-refractivity contribution in [1.82, 2.24) is 19.6 Å². The van der Waals surface area contributed by atoms with E-state index in [4.69, 9.17) is 11.6 Å². The van der Waals surface area contributed by atoms with Crippen LogP contribution in [0.5, 0.6) is 0 Å². The molecule has 0 bridgehead atoms. The van der Waals surface area contributed by atoms with Gasteiger partial charge in [-0.25, -0.2) is 0 Å². The average molecular weight is 316 g/mol. The summed E-state index contributed by atoms with van der Waals surface area (Å²) >= 11 is 6.13. The molecule has 0 aliphatic heterocycles. The molecule has 3 aromatic rings. The third-order valence-electron chi connectivity index (χ3n) is 3.13. The Morgan fingerprint density at radius 1 is 1.32 bits per heavy atom. The zero-order chi connectivity index (χ0) is 15.5. The Kier molecular flexibility index (Phi) is 3.93. The first-order valence-corrected chi connectivity index (χ1v) is 7.06. The molecule has 0 fully saturated rings. The highest BCUT2D eigenvalue weighted by atomic mass is 35.5. The second-order valence-corrected chi connectivity index (χ2v) is 5.25. The van der Waals surface area contributed by atoms with Gasteiger partial charge < -0.3 is 5.32 Å². The highest BCUT2D eigenvalue weighted by Gasteiger charge is 2.10. The SMILES string of the molecule is Cn1ccc(C(=O)Nc2cnn(Cc3ccccc3Cl)c2)n1. The number of amides is 1. The van der Waals surface area contributed by atoms with Crippen LogP contribution in [0.3, 0.4) is 0 Å². The Morgan fingerprint density at radius 2 is 2.14 bits per heavy atom. The van der Waals surface area contributed by atoms with E-state index in [1.165, 1.54) is 0 Å². The maximum Gasteiger partial charge on any atom is 0.276 e. The number of hydrogen-bond acceptors (Lipinski definition) is 3. The van der Waals surface area contributed by atoms with E-state index >= 15 is 0 Å². The Hall–Kier alpha value is -2.60. The van der Waals surface area contributed by atoms with Crippen LogP contribution in [-0.4, -0.2) is 25.5 Å². The van der Waals surface area contributed by atoms with Crippen LogP contribution in [0.25, 0.3) is 0 Å². The minimum atomic E-state index is -0.266. The number of aromatic nitrogens is 4. The molecule has 0 spiro atoms. The topological polar surface area (TPSA) is 64.7 Å². The van der Waals surface area contributed by atoms with E-state index in [0.29, 0.717) is 22.9 Å². The van der Waals surface area contributed by atoms with Crippen LogP contribution >= 0.6 is 11.6 Å². The van der Waals surface area contributed by atoms with Gasteiger partial charge in [0.1, 0.15) is 0 Å². The van der Waals surface area contributed by atoms with Gasteiger partial charge in [-0.2, -0.15) is 10.2 Å². The highest BCUT2D eigenvalue weighted by molar-refractivity contribution is 6.31. The van der Waals surface area contributed by atoms with Gasteiger partial charge in [0.05, 0.1) is 18.4 Å². The summed E-state index contributed by atoms with van der Waals surface area (Å²) < 4.78 is 3.30. The summed E-state index contributed by atoms with van der Waals surface area (Å²) in [6.45, 7) is 0.541. The first-order chi connectivity index (χ1) is 10.6. The number of rotatable bonds is 4. The standard InChI is InChI=1S/C15H14ClN5O/c1-20-7-6-14(19-20)15(22)18-12-8-17-21(10-12)9-11-4-2-3-5-13(11)16/h2-8,10H,9H2,1H3,(H,18,22). The summed E-state index contributed by atoms with van der Waals surface area (Å²) in [5, 5.41) is 11.7. The molecule has 2 heterocycles. The molecule has 0 atom stereocenters. The van der Waals surface area contributed by atoms with Gasteiger partial charge in [0, 0.05) is 24.5 Å². The monoisotopic (exact) mass is 315 g/mol. The number of hydrogen-bond donors (Lipinski definition) is 1. The minimum absolute atomic E-state index is 0.266. The second kappa shape index (κ2) is 6.03. The van der Waals surface area contributed by atoms with Crippen molar-refractivity contribution in [2.45, 2.75) is 6.54 Å². The van der Waals surface area contributed by atoms with Gasteiger partial charge in [0.2, 0.25) is 0 Å². The van der Waals surface area contributed by atoms with Gasteiger partial charge in [0.15, 0.2) is 5.69 Å². The molecule has 112 valence electrons. The number of benzene rings is 1. The van der Waals surface area contributed by atoms with Crippen molar-refractivity contribution in [3.8, 4) is 0 Å². The van der Waals surface area contributed by atoms with E-state index in [-0.39, 0.29) is 5.91 Å². The molecule has 1 amide bonds. The first-order valence-electron chi connectivity index (χ1n) is 6.69. The number of nitrogens with one attached hydrogen (secondary N) is 1. The lowest BCUT2D eigenvalue weighted by molar-refractivity contribution is 0.102. The van der Waals surface area contributed by atoms with Gasteiger partial charge in [-0.1, -0.05) is 29.8 Å². The van der Waals surface area contributed by atoms with Crippen LogP contribution in [-0.2, 0) is 13.6 Å². The third kappa shape index (κ3) is 3.17. The largest absolute Gasteiger partial charge is 0.318 e. The molecule has 6 nitrogen and oxygen atoms in total. The molecule has 1 aromatic carbocycles. The number of anilines is 1. The summed E-state index contributed by atoms with van der Waals surface area (Å²) in [6, 6.07) is 9.24. The van der Waals surface area contributed by atoms with E-state index < -0.39 is 0 Å². The molecule has 2 aromatic heterocycles. The van der Waals surface area contributed by atoms with E-state index in [1.807, 2.05) is 24.3 Å². The fourth-order valence-corrected chi connectivity index (χ4v) is 2.24. The molecular weight excluding hydrogens is 302 g/mol. The maximum atomic E-state index is 12.0. The minimum Gasteiger partial charge on any atom is -0.318 e. The van der Waals surface area contributed by atoms with Crippen LogP contribution in [0.1, 0.15) is 16.1 Å². The van der Waals surface area contributed by atoms with Crippen LogP contribution in [0.2, 0.25) is 5.02 Å². The van der Waals surface area contributed by atoms with Crippen molar-refractivity contribution in [3.63, 3.8) is 0 Å². The molecule has 0 aliphatic carbocycles. The Bertz CT molecular complexity index is 808. The van der Waals surface area contributed by atoms with E-state index in [0.717, 1.165) is 5.56 Å². The molecule has 0 unspecified atom stereocenters. The molecule has 7 heteroatoms. The summed E-state index contributed by atoms with van der Waals surface area (Å²) in [6.07, 6.45) is 5.07. The predicted octanol–water partition coefficient (Wildman–Crippen LogP) is 2.57. The Morgan fingerprint density at radius 3 is 2.86 bits per heavy atom. The number of carbonyl (C=O) groups excluding carboxylic acids is 1. The Labute approximate surface area is 132 Å². The number of aryl methyl sites for hydroxylation is 1. The van der Waals surface area contributed by atoms with Crippen LogP contribution in [0.4, 0.5) is 5.69 Å². The van der Waals surface area contributed by atoms with E-state index in [2.05, 4.69) is 15.5 Å².